The molecule has 2 aromatic heterocycles. The molecule has 3 aromatic rings. The molecule has 1 atom stereocenters. The van der Waals surface area contributed by atoms with Crippen LogP contribution in [0, 0.1) is 0 Å². The fraction of sp³-hybridized carbons (Fsp3) is 0.222. The molecule has 2 heterocycles. The van der Waals surface area contributed by atoms with Crippen LogP contribution in [0.1, 0.15) is 34.6 Å². The third kappa shape index (κ3) is 4.88. The summed E-state index contributed by atoms with van der Waals surface area (Å²) in [5.74, 6) is -1.40. The van der Waals surface area contributed by atoms with Crippen LogP contribution in [0.5, 0.6) is 5.75 Å². The Kier molecular flexibility index (Phi) is 5.94. The van der Waals surface area contributed by atoms with E-state index < -0.39 is 41.6 Å². The molecule has 7 nitrogen and oxygen atoms in total. The zero-order chi connectivity index (χ0) is 21.9. The molecule has 0 aliphatic carbocycles. The van der Waals surface area contributed by atoms with E-state index in [1.54, 1.807) is 6.07 Å². The standard InChI is InChI=1S/C18H13F5N4O3/c1-9(13-14(29-8-26-13)15-24-3-2-4-25-15)27-16(28)10-5-11(18(21,22)23)7-12(6-10)30-17(19)20/h2-9,17H,1H3,(H,27,28). The summed E-state index contributed by atoms with van der Waals surface area (Å²) in [5.41, 5.74) is -1.60. The van der Waals surface area contributed by atoms with Gasteiger partial charge in [0.1, 0.15) is 11.4 Å². The van der Waals surface area contributed by atoms with Gasteiger partial charge in [-0.25, -0.2) is 15.0 Å². The van der Waals surface area contributed by atoms with Crippen molar-refractivity contribution in [2.75, 3.05) is 0 Å². The first-order chi connectivity index (χ1) is 14.1. The normalized spacial score (nSPS) is 12.6. The van der Waals surface area contributed by atoms with Gasteiger partial charge in [0.05, 0.1) is 11.6 Å². The summed E-state index contributed by atoms with van der Waals surface area (Å²) in [6, 6.07) is 2.45. The van der Waals surface area contributed by atoms with Gasteiger partial charge in [0.2, 0.25) is 0 Å². The lowest BCUT2D eigenvalue weighted by Crippen LogP contribution is -2.27. The summed E-state index contributed by atoms with van der Waals surface area (Å²) >= 11 is 0. The van der Waals surface area contributed by atoms with E-state index in [0.29, 0.717) is 12.1 Å². The van der Waals surface area contributed by atoms with Crippen molar-refractivity contribution < 1.29 is 35.9 Å². The number of carbonyl (C=O) groups excluding carboxylic acids is 1. The minimum atomic E-state index is -4.87. The second-order valence-electron chi connectivity index (χ2n) is 5.96. The maximum Gasteiger partial charge on any atom is 0.416 e. The number of oxazole rings is 1. The number of amides is 1. The molecule has 0 saturated carbocycles. The topological polar surface area (TPSA) is 90.1 Å². The summed E-state index contributed by atoms with van der Waals surface area (Å²) in [6.45, 7) is -1.85. The van der Waals surface area contributed by atoms with Crippen LogP contribution in [0.3, 0.4) is 0 Å². The molecule has 1 amide bonds. The van der Waals surface area contributed by atoms with E-state index in [-0.39, 0.29) is 17.3 Å². The molecule has 0 saturated heterocycles. The summed E-state index contributed by atoms with van der Waals surface area (Å²) < 4.78 is 73.4. The number of hydrogen-bond acceptors (Lipinski definition) is 6. The average molecular weight is 428 g/mol. The molecule has 0 fully saturated rings. The Morgan fingerprint density at radius 1 is 1.13 bits per heavy atom. The Morgan fingerprint density at radius 2 is 1.83 bits per heavy atom. The number of alkyl halides is 5. The van der Waals surface area contributed by atoms with Gasteiger partial charge in [-0.2, -0.15) is 22.0 Å². The summed E-state index contributed by atoms with van der Waals surface area (Å²) in [7, 11) is 0. The average Bonchev–Trinajstić information content (AvgIpc) is 3.17. The van der Waals surface area contributed by atoms with Gasteiger partial charge in [0, 0.05) is 18.0 Å². The highest BCUT2D eigenvalue weighted by molar-refractivity contribution is 5.95. The molecule has 1 aromatic carbocycles. The van der Waals surface area contributed by atoms with E-state index in [1.807, 2.05) is 0 Å². The number of rotatable bonds is 6. The summed E-state index contributed by atoms with van der Waals surface area (Å²) in [6.07, 6.45) is -0.843. The van der Waals surface area contributed by atoms with Crippen LogP contribution in [0.25, 0.3) is 11.6 Å². The molecular formula is C18H13F5N4O3. The van der Waals surface area contributed by atoms with Crippen LogP contribution in [-0.4, -0.2) is 27.5 Å². The first kappa shape index (κ1) is 21.1. The van der Waals surface area contributed by atoms with Crippen molar-refractivity contribution in [2.45, 2.75) is 25.8 Å². The molecule has 0 spiro atoms. The van der Waals surface area contributed by atoms with Crippen molar-refractivity contribution in [2.24, 2.45) is 0 Å². The number of carbonyl (C=O) groups is 1. The number of aromatic nitrogens is 3. The van der Waals surface area contributed by atoms with E-state index in [2.05, 4.69) is 25.0 Å². The van der Waals surface area contributed by atoms with Gasteiger partial charge < -0.3 is 14.5 Å². The molecule has 3 rings (SSSR count). The fourth-order valence-corrected chi connectivity index (χ4v) is 2.56. The zero-order valence-corrected chi connectivity index (χ0v) is 15.2. The van der Waals surface area contributed by atoms with E-state index >= 15 is 0 Å². The Balaban J connectivity index is 1.87. The number of benzene rings is 1. The monoisotopic (exact) mass is 428 g/mol. The summed E-state index contributed by atoms with van der Waals surface area (Å²) in [5, 5.41) is 2.44. The molecule has 0 aliphatic rings. The van der Waals surface area contributed by atoms with Gasteiger partial charge >= 0.3 is 12.8 Å². The predicted octanol–water partition coefficient (Wildman–Crippen LogP) is 4.24. The number of hydrogen-bond donors (Lipinski definition) is 1. The molecule has 0 aliphatic heterocycles. The van der Waals surface area contributed by atoms with Crippen LogP contribution < -0.4 is 10.1 Å². The highest BCUT2D eigenvalue weighted by Crippen LogP contribution is 2.33. The lowest BCUT2D eigenvalue weighted by Gasteiger charge is -2.15. The Hall–Kier alpha value is -3.57. The number of ether oxygens (including phenoxy) is 1. The number of halogens is 5. The van der Waals surface area contributed by atoms with Crippen molar-refractivity contribution in [3.63, 3.8) is 0 Å². The van der Waals surface area contributed by atoms with E-state index in [1.165, 1.54) is 19.3 Å². The lowest BCUT2D eigenvalue weighted by atomic mass is 10.1. The molecule has 1 N–H and O–H groups in total. The van der Waals surface area contributed by atoms with E-state index in [4.69, 9.17) is 4.42 Å². The first-order valence-electron chi connectivity index (χ1n) is 8.34. The molecule has 158 valence electrons. The smallest absolute Gasteiger partial charge is 0.416 e. The van der Waals surface area contributed by atoms with Crippen molar-refractivity contribution in [1.29, 1.82) is 0 Å². The molecule has 0 bridgehead atoms. The van der Waals surface area contributed by atoms with Crippen LogP contribution in [0.2, 0.25) is 0 Å². The van der Waals surface area contributed by atoms with Crippen molar-refractivity contribution >= 4 is 5.91 Å². The fourth-order valence-electron chi connectivity index (χ4n) is 2.56. The van der Waals surface area contributed by atoms with Crippen molar-refractivity contribution in [3.8, 4) is 17.3 Å². The van der Waals surface area contributed by atoms with Crippen LogP contribution in [0.4, 0.5) is 22.0 Å². The minimum Gasteiger partial charge on any atom is -0.440 e. The zero-order valence-electron chi connectivity index (χ0n) is 15.2. The lowest BCUT2D eigenvalue weighted by molar-refractivity contribution is -0.138. The Morgan fingerprint density at radius 3 is 2.47 bits per heavy atom. The second-order valence-corrected chi connectivity index (χ2v) is 5.96. The van der Waals surface area contributed by atoms with Gasteiger partial charge in [0.15, 0.2) is 18.0 Å². The van der Waals surface area contributed by atoms with Crippen molar-refractivity contribution in [3.05, 3.63) is 59.9 Å². The van der Waals surface area contributed by atoms with Gasteiger partial charge in [0.25, 0.3) is 5.91 Å². The maximum atomic E-state index is 13.1. The Bertz CT molecular complexity index is 1020. The van der Waals surface area contributed by atoms with E-state index in [9.17, 15) is 26.7 Å². The second kappa shape index (κ2) is 8.43. The van der Waals surface area contributed by atoms with Crippen LogP contribution >= 0.6 is 0 Å². The third-order valence-corrected chi connectivity index (χ3v) is 3.84. The van der Waals surface area contributed by atoms with Crippen LogP contribution in [-0.2, 0) is 6.18 Å². The molecule has 0 radical (unpaired) electrons. The minimum absolute atomic E-state index is 0.161. The van der Waals surface area contributed by atoms with Gasteiger partial charge in [-0.3, -0.25) is 4.79 Å². The van der Waals surface area contributed by atoms with Crippen LogP contribution in [0.15, 0.2) is 47.5 Å². The summed E-state index contributed by atoms with van der Waals surface area (Å²) in [4.78, 5) is 24.5. The van der Waals surface area contributed by atoms with Crippen molar-refractivity contribution in [1.82, 2.24) is 20.3 Å². The Labute approximate surface area is 165 Å². The molecule has 1 unspecified atom stereocenters. The van der Waals surface area contributed by atoms with Gasteiger partial charge in [-0.1, -0.05) is 0 Å². The highest BCUT2D eigenvalue weighted by Gasteiger charge is 2.32. The SMILES string of the molecule is CC(NC(=O)c1cc(OC(F)F)cc(C(F)(F)F)c1)c1ncoc1-c1ncccn1. The highest BCUT2D eigenvalue weighted by atomic mass is 19.4. The largest absolute Gasteiger partial charge is 0.440 e. The number of nitrogens with zero attached hydrogens (tertiary/aromatic N) is 3. The molecule has 30 heavy (non-hydrogen) atoms. The quantitative estimate of drug-likeness (QED) is 0.591. The first-order valence-corrected chi connectivity index (χ1v) is 8.34. The van der Waals surface area contributed by atoms with Gasteiger partial charge in [-0.15, -0.1) is 0 Å². The van der Waals surface area contributed by atoms with E-state index in [0.717, 1.165) is 12.5 Å². The number of nitrogens with one attached hydrogen (secondary N) is 1. The van der Waals surface area contributed by atoms with Gasteiger partial charge in [-0.05, 0) is 31.2 Å². The molecule has 12 heteroatoms. The maximum absolute atomic E-state index is 13.1. The third-order valence-electron chi connectivity index (χ3n) is 3.84. The predicted molar refractivity (Wildman–Crippen MR) is 91.5 cm³/mol. The molecular weight excluding hydrogens is 415 g/mol.